The van der Waals surface area contributed by atoms with Gasteiger partial charge in [-0.1, -0.05) is 45.8 Å². The van der Waals surface area contributed by atoms with E-state index >= 15 is 0 Å². The van der Waals surface area contributed by atoms with E-state index in [-0.39, 0.29) is 6.61 Å². The van der Waals surface area contributed by atoms with Crippen molar-refractivity contribution < 1.29 is 5.11 Å². The Labute approximate surface area is 115 Å². The minimum absolute atomic E-state index is 0.250. The minimum atomic E-state index is 0.250. The number of rotatable bonds is 0. The molecule has 0 heterocycles. The first-order valence-electron chi connectivity index (χ1n) is 7.88. The molecular weight excluding hydrogens is 220 g/mol. The van der Waals surface area contributed by atoms with E-state index in [0.29, 0.717) is 0 Å². The van der Waals surface area contributed by atoms with Gasteiger partial charge in [0.25, 0.3) is 0 Å². The molecule has 4 atom stereocenters. The first-order valence-corrected chi connectivity index (χ1v) is 7.88. The van der Waals surface area contributed by atoms with Gasteiger partial charge in [0.05, 0.1) is 0 Å². The standard InChI is InChI=1S/C13H22.C2H6O.C2H6/c1-9-4-7-12-10(2)5-6-11(3)13(12)8-9;1-2-3;1-2/h8,10-13H,4-7H2,1-3H3;3H,2H2,1H3;1-2H3/t10-,11?,12?,13?;;/m1../s1. The highest BCUT2D eigenvalue weighted by atomic mass is 16.2. The molecule has 2 aliphatic rings. The number of aliphatic hydroxyl groups excluding tert-OH is 1. The Hall–Kier alpha value is -0.300. The summed E-state index contributed by atoms with van der Waals surface area (Å²) in [5, 5.41) is 7.57. The van der Waals surface area contributed by atoms with E-state index in [4.69, 9.17) is 5.11 Å². The largest absolute Gasteiger partial charge is 0.397 e. The maximum atomic E-state index is 7.57. The van der Waals surface area contributed by atoms with Crippen molar-refractivity contribution in [3.05, 3.63) is 11.6 Å². The maximum absolute atomic E-state index is 7.57. The molecule has 0 aromatic rings. The Bertz CT molecular complexity index is 232. The highest BCUT2D eigenvalue weighted by molar-refractivity contribution is 5.10. The molecule has 2 aliphatic carbocycles. The van der Waals surface area contributed by atoms with Crippen LogP contribution in [0.1, 0.15) is 67.2 Å². The van der Waals surface area contributed by atoms with E-state index in [9.17, 15) is 0 Å². The van der Waals surface area contributed by atoms with Gasteiger partial charge in [-0.3, -0.25) is 0 Å². The summed E-state index contributed by atoms with van der Waals surface area (Å²) in [6, 6.07) is 0. The molecule has 0 aromatic carbocycles. The Morgan fingerprint density at radius 3 is 2.17 bits per heavy atom. The number of allylic oxidation sites excluding steroid dienone is 2. The van der Waals surface area contributed by atoms with E-state index in [1.165, 1.54) is 25.7 Å². The van der Waals surface area contributed by atoms with Gasteiger partial charge in [-0.15, -0.1) is 0 Å². The van der Waals surface area contributed by atoms with Gasteiger partial charge in [0, 0.05) is 6.61 Å². The fraction of sp³-hybridized carbons (Fsp3) is 0.882. The predicted octanol–water partition coefficient (Wildman–Crippen LogP) is 5.05. The molecule has 2 rings (SSSR count). The van der Waals surface area contributed by atoms with Crippen LogP contribution in [0.5, 0.6) is 0 Å². The molecule has 0 saturated heterocycles. The topological polar surface area (TPSA) is 20.2 Å². The fourth-order valence-corrected chi connectivity index (χ4v) is 3.30. The number of hydrogen-bond acceptors (Lipinski definition) is 1. The molecule has 1 fully saturated rings. The van der Waals surface area contributed by atoms with Crippen LogP contribution in [-0.2, 0) is 0 Å². The zero-order chi connectivity index (χ0) is 14.1. The van der Waals surface area contributed by atoms with Crippen LogP contribution in [0, 0.1) is 23.7 Å². The molecule has 108 valence electrons. The van der Waals surface area contributed by atoms with Crippen molar-refractivity contribution in [2.75, 3.05) is 6.61 Å². The molecule has 0 bridgehead atoms. The molecule has 18 heavy (non-hydrogen) atoms. The third-order valence-corrected chi connectivity index (χ3v) is 4.31. The van der Waals surface area contributed by atoms with E-state index in [0.717, 1.165) is 23.7 Å². The number of hydrogen-bond donors (Lipinski definition) is 1. The number of aliphatic hydroxyl groups is 1. The zero-order valence-electron chi connectivity index (χ0n) is 13.4. The van der Waals surface area contributed by atoms with Crippen LogP contribution in [0.15, 0.2) is 11.6 Å². The summed E-state index contributed by atoms with van der Waals surface area (Å²) < 4.78 is 0. The van der Waals surface area contributed by atoms with Gasteiger partial charge in [0.2, 0.25) is 0 Å². The molecule has 0 amide bonds. The lowest BCUT2D eigenvalue weighted by Crippen LogP contribution is -2.33. The van der Waals surface area contributed by atoms with Gasteiger partial charge in [0.1, 0.15) is 0 Å². The second-order valence-electron chi connectivity index (χ2n) is 5.64. The lowest BCUT2D eigenvalue weighted by Gasteiger charge is -2.42. The molecule has 1 N–H and O–H groups in total. The van der Waals surface area contributed by atoms with Crippen LogP contribution in [0.25, 0.3) is 0 Å². The van der Waals surface area contributed by atoms with E-state index in [1.54, 1.807) is 12.5 Å². The fourth-order valence-electron chi connectivity index (χ4n) is 3.30. The Balaban J connectivity index is 0.000000509. The normalized spacial score (nSPS) is 34.1. The molecule has 0 spiro atoms. The lowest BCUT2D eigenvalue weighted by molar-refractivity contribution is 0.126. The van der Waals surface area contributed by atoms with Crippen molar-refractivity contribution in [3.8, 4) is 0 Å². The summed E-state index contributed by atoms with van der Waals surface area (Å²) in [5.74, 6) is 3.84. The van der Waals surface area contributed by atoms with Crippen molar-refractivity contribution in [3.63, 3.8) is 0 Å². The molecule has 0 aromatic heterocycles. The van der Waals surface area contributed by atoms with E-state index in [2.05, 4.69) is 26.8 Å². The monoisotopic (exact) mass is 254 g/mol. The average molecular weight is 254 g/mol. The van der Waals surface area contributed by atoms with Gasteiger partial charge in [0.15, 0.2) is 0 Å². The van der Waals surface area contributed by atoms with Crippen molar-refractivity contribution in [1.82, 2.24) is 0 Å². The SMILES string of the molecule is CC.CC1=CC2C(C)CC[C@@H](C)C2CC1.CCO. The zero-order valence-corrected chi connectivity index (χ0v) is 13.4. The van der Waals surface area contributed by atoms with Gasteiger partial charge >= 0.3 is 0 Å². The van der Waals surface area contributed by atoms with Crippen molar-refractivity contribution in [2.24, 2.45) is 23.7 Å². The molecule has 1 nitrogen and oxygen atoms in total. The van der Waals surface area contributed by atoms with Crippen LogP contribution in [0.3, 0.4) is 0 Å². The second-order valence-corrected chi connectivity index (χ2v) is 5.64. The molecule has 0 radical (unpaired) electrons. The summed E-state index contributed by atoms with van der Waals surface area (Å²) in [6.07, 6.45) is 8.31. The minimum Gasteiger partial charge on any atom is -0.397 e. The summed E-state index contributed by atoms with van der Waals surface area (Å²) in [7, 11) is 0. The third kappa shape index (κ3) is 5.14. The Morgan fingerprint density at radius 2 is 1.61 bits per heavy atom. The van der Waals surface area contributed by atoms with Crippen LogP contribution < -0.4 is 0 Å². The smallest absolute Gasteiger partial charge is 0.0402 e. The van der Waals surface area contributed by atoms with Gasteiger partial charge in [-0.25, -0.2) is 0 Å². The van der Waals surface area contributed by atoms with Crippen LogP contribution in [0.4, 0.5) is 0 Å². The van der Waals surface area contributed by atoms with Gasteiger partial charge in [-0.05, 0) is 56.8 Å². The van der Waals surface area contributed by atoms with Crippen molar-refractivity contribution in [2.45, 2.75) is 67.2 Å². The quantitative estimate of drug-likeness (QED) is 0.600. The molecule has 3 unspecified atom stereocenters. The van der Waals surface area contributed by atoms with Gasteiger partial charge in [-0.2, -0.15) is 0 Å². The summed E-state index contributed by atoms with van der Waals surface area (Å²) in [4.78, 5) is 0. The Kier molecular flexibility index (Phi) is 9.45. The summed E-state index contributed by atoms with van der Waals surface area (Å²) in [6.45, 7) is 13.1. The molecular formula is C17H34O. The van der Waals surface area contributed by atoms with Crippen molar-refractivity contribution in [1.29, 1.82) is 0 Å². The maximum Gasteiger partial charge on any atom is 0.0402 e. The molecule has 1 heteroatoms. The van der Waals surface area contributed by atoms with Crippen LogP contribution in [-0.4, -0.2) is 11.7 Å². The predicted molar refractivity (Wildman–Crippen MR) is 81.6 cm³/mol. The summed E-state index contributed by atoms with van der Waals surface area (Å²) >= 11 is 0. The first-order chi connectivity index (χ1) is 8.60. The highest BCUT2D eigenvalue weighted by Crippen LogP contribution is 2.45. The average Bonchev–Trinajstić information content (AvgIpc) is 2.37. The first kappa shape index (κ1) is 17.7. The highest BCUT2D eigenvalue weighted by Gasteiger charge is 2.35. The Morgan fingerprint density at radius 1 is 1.11 bits per heavy atom. The van der Waals surface area contributed by atoms with E-state index < -0.39 is 0 Å². The van der Waals surface area contributed by atoms with E-state index in [1.807, 2.05) is 13.8 Å². The lowest BCUT2D eigenvalue weighted by atomic mass is 9.63. The van der Waals surface area contributed by atoms with Gasteiger partial charge < -0.3 is 5.11 Å². The van der Waals surface area contributed by atoms with Crippen molar-refractivity contribution >= 4 is 0 Å². The molecule has 1 saturated carbocycles. The number of fused-ring (bicyclic) bond motifs is 1. The third-order valence-electron chi connectivity index (χ3n) is 4.31. The second kappa shape index (κ2) is 9.61. The van der Waals surface area contributed by atoms with Crippen LogP contribution in [0.2, 0.25) is 0 Å². The van der Waals surface area contributed by atoms with Crippen LogP contribution >= 0.6 is 0 Å². The molecule has 0 aliphatic heterocycles. The summed E-state index contributed by atoms with van der Waals surface area (Å²) in [5.41, 5.74) is 1.64.